The average Bonchev–Trinajstić information content (AvgIpc) is 2.26. The van der Waals surface area contributed by atoms with Crippen molar-refractivity contribution in [3.63, 3.8) is 0 Å². The van der Waals surface area contributed by atoms with Gasteiger partial charge in [0.2, 0.25) is 0 Å². The minimum atomic E-state index is -1.50. The second-order valence-corrected chi connectivity index (χ2v) is 2.81. The van der Waals surface area contributed by atoms with Crippen molar-refractivity contribution in [3.8, 4) is 0 Å². The Hall–Kier alpha value is -2.08. The summed E-state index contributed by atoms with van der Waals surface area (Å²) in [7, 11) is 0. The van der Waals surface area contributed by atoms with E-state index in [1.54, 1.807) is 0 Å². The van der Waals surface area contributed by atoms with Crippen molar-refractivity contribution in [1.82, 2.24) is 0 Å². The number of nitrogens with one attached hydrogen (secondary N) is 1. The molecule has 0 amide bonds. The molecule has 0 aliphatic heterocycles. The molecule has 1 aromatic carbocycles. The lowest BCUT2D eigenvalue weighted by Crippen LogP contribution is -2.05. The predicted molar refractivity (Wildman–Crippen MR) is 62.4 cm³/mol. The van der Waals surface area contributed by atoms with Crippen molar-refractivity contribution in [3.05, 3.63) is 46.0 Å². The molecule has 0 unspecified atom stereocenters. The fourth-order valence-corrected chi connectivity index (χ4v) is 0.944. The Balaban J connectivity index is 0.000000487. The molecule has 1 aromatic rings. The molecule has 4 N–H and O–H groups in total. The van der Waals surface area contributed by atoms with Gasteiger partial charge in [-0.15, -0.1) is 10.1 Å². The number of hydrogen-bond donors (Lipinski definition) is 3. The van der Waals surface area contributed by atoms with Crippen LogP contribution < -0.4 is 11.3 Å². The molecular formula is C10H15N3O3. The van der Waals surface area contributed by atoms with E-state index < -0.39 is 5.09 Å². The van der Waals surface area contributed by atoms with Crippen LogP contribution in [0.1, 0.15) is 18.9 Å². The van der Waals surface area contributed by atoms with Crippen molar-refractivity contribution >= 4 is 11.8 Å². The number of hydrazine groups is 1. The number of hydrogen-bond acceptors (Lipinski definition) is 4. The zero-order valence-corrected chi connectivity index (χ0v) is 8.96. The first-order valence-corrected chi connectivity index (χ1v) is 4.66. The normalized spacial score (nSPS) is 9.38. The highest BCUT2D eigenvalue weighted by Crippen LogP contribution is 2.09. The minimum Gasteiger partial charge on any atom is -0.328 e. The molecule has 0 aliphatic rings. The van der Waals surface area contributed by atoms with Crippen LogP contribution in [0, 0.1) is 10.1 Å². The van der Waals surface area contributed by atoms with Crippen molar-refractivity contribution in [2.24, 2.45) is 5.84 Å². The van der Waals surface area contributed by atoms with Crippen LogP contribution in [-0.2, 0) is 0 Å². The van der Waals surface area contributed by atoms with E-state index in [2.05, 4.69) is 24.5 Å². The van der Waals surface area contributed by atoms with Crippen molar-refractivity contribution in [2.45, 2.75) is 13.3 Å². The van der Waals surface area contributed by atoms with Crippen LogP contribution in [0.2, 0.25) is 0 Å². The van der Waals surface area contributed by atoms with Gasteiger partial charge in [0, 0.05) is 5.69 Å². The summed E-state index contributed by atoms with van der Waals surface area (Å²) in [6.45, 7) is 2.12. The molecule has 0 atom stereocenters. The van der Waals surface area contributed by atoms with E-state index >= 15 is 0 Å². The Kier molecular flexibility index (Phi) is 7.17. The third kappa shape index (κ3) is 7.34. The van der Waals surface area contributed by atoms with E-state index in [0.717, 1.165) is 12.1 Å². The average molecular weight is 225 g/mol. The van der Waals surface area contributed by atoms with Crippen molar-refractivity contribution in [1.29, 1.82) is 0 Å². The summed E-state index contributed by atoms with van der Waals surface area (Å²) in [4.78, 5) is 8.36. The van der Waals surface area contributed by atoms with Crippen LogP contribution in [0.25, 0.3) is 6.08 Å². The molecule has 0 saturated heterocycles. The number of nitrogens with two attached hydrogens (primary N) is 1. The van der Waals surface area contributed by atoms with E-state index in [-0.39, 0.29) is 0 Å². The van der Waals surface area contributed by atoms with Crippen LogP contribution in [-0.4, -0.2) is 10.3 Å². The van der Waals surface area contributed by atoms with Crippen LogP contribution >= 0.6 is 0 Å². The predicted octanol–water partition coefficient (Wildman–Crippen LogP) is 2.05. The van der Waals surface area contributed by atoms with Gasteiger partial charge < -0.3 is 10.6 Å². The summed E-state index contributed by atoms with van der Waals surface area (Å²) >= 11 is 0. The standard InChI is InChI=1S/C10H14N2.HNO3/c1-2-3-4-9-5-7-10(12-11)8-6-9;2-1(3)4/h3-8,12H,2,11H2,1H3;(H,2,3,4). The fourth-order valence-electron chi connectivity index (χ4n) is 0.944. The zero-order valence-electron chi connectivity index (χ0n) is 8.96. The number of nitrogens with zero attached hydrogens (tertiary/aromatic N) is 1. The van der Waals surface area contributed by atoms with E-state index in [0.29, 0.717) is 0 Å². The fraction of sp³-hybridized carbons (Fsp3) is 0.200. The molecule has 1 rings (SSSR count). The third-order valence-electron chi connectivity index (χ3n) is 1.62. The van der Waals surface area contributed by atoms with E-state index in [1.165, 1.54) is 5.56 Å². The quantitative estimate of drug-likeness (QED) is 0.415. The van der Waals surface area contributed by atoms with Crippen molar-refractivity contribution < 1.29 is 10.3 Å². The van der Waals surface area contributed by atoms with Crippen LogP contribution in [0.15, 0.2) is 30.3 Å². The van der Waals surface area contributed by atoms with Gasteiger partial charge in [-0.25, -0.2) is 0 Å². The number of anilines is 1. The lowest BCUT2D eigenvalue weighted by atomic mass is 10.2. The van der Waals surface area contributed by atoms with Gasteiger partial charge in [0.1, 0.15) is 0 Å². The molecule has 0 saturated carbocycles. The maximum Gasteiger partial charge on any atom is 0.291 e. The summed E-state index contributed by atoms with van der Waals surface area (Å²) < 4.78 is 0. The van der Waals surface area contributed by atoms with E-state index in [1.807, 2.05) is 24.3 Å². The van der Waals surface area contributed by atoms with Gasteiger partial charge >= 0.3 is 0 Å². The largest absolute Gasteiger partial charge is 0.328 e. The number of rotatable bonds is 3. The molecule has 0 aromatic heterocycles. The van der Waals surface area contributed by atoms with Crippen molar-refractivity contribution in [2.75, 3.05) is 5.43 Å². The van der Waals surface area contributed by atoms with Gasteiger partial charge in [-0.05, 0) is 24.1 Å². The van der Waals surface area contributed by atoms with E-state index in [4.69, 9.17) is 21.2 Å². The monoisotopic (exact) mass is 225 g/mol. The van der Waals surface area contributed by atoms with Crippen LogP contribution in [0.3, 0.4) is 0 Å². The van der Waals surface area contributed by atoms with Gasteiger partial charge in [-0.3, -0.25) is 5.84 Å². The van der Waals surface area contributed by atoms with Gasteiger partial charge in [0.15, 0.2) is 0 Å². The smallest absolute Gasteiger partial charge is 0.291 e. The molecule has 88 valence electrons. The third-order valence-corrected chi connectivity index (χ3v) is 1.62. The Bertz CT molecular complexity index is 332. The molecule has 0 heterocycles. The topological polar surface area (TPSA) is 101 Å². The molecule has 0 spiro atoms. The summed E-state index contributed by atoms with van der Waals surface area (Å²) in [6, 6.07) is 7.97. The molecule has 0 aliphatic carbocycles. The molecular weight excluding hydrogens is 210 g/mol. The highest BCUT2D eigenvalue weighted by Gasteiger charge is 1.87. The summed E-state index contributed by atoms with van der Waals surface area (Å²) in [6.07, 6.45) is 5.29. The first-order chi connectivity index (χ1) is 7.60. The number of nitrogen functional groups attached to an aromatic ring is 1. The first-order valence-electron chi connectivity index (χ1n) is 4.66. The number of benzene rings is 1. The summed E-state index contributed by atoms with van der Waals surface area (Å²) in [5.41, 5.74) is 4.72. The summed E-state index contributed by atoms with van der Waals surface area (Å²) in [5.74, 6) is 5.23. The minimum absolute atomic E-state index is 0.934. The second kappa shape index (κ2) is 8.25. The first kappa shape index (κ1) is 13.9. The van der Waals surface area contributed by atoms with E-state index in [9.17, 15) is 0 Å². The van der Waals surface area contributed by atoms with Gasteiger partial charge in [-0.2, -0.15) is 0 Å². The Morgan fingerprint density at radius 2 is 2.00 bits per heavy atom. The Labute approximate surface area is 93.5 Å². The van der Waals surface area contributed by atoms with Crippen LogP contribution in [0.4, 0.5) is 5.69 Å². The zero-order chi connectivity index (χ0) is 12.4. The maximum atomic E-state index is 8.36. The molecule has 16 heavy (non-hydrogen) atoms. The maximum absolute atomic E-state index is 8.36. The van der Waals surface area contributed by atoms with Gasteiger partial charge in [0.25, 0.3) is 5.09 Å². The Morgan fingerprint density at radius 1 is 1.50 bits per heavy atom. The summed E-state index contributed by atoms with van der Waals surface area (Å²) in [5, 5.41) is 13.6. The van der Waals surface area contributed by atoms with Gasteiger partial charge in [0.05, 0.1) is 0 Å². The highest BCUT2D eigenvalue weighted by molar-refractivity contribution is 5.54. The Morgan fingerprint density at radius 3 is 2.38 bits per heavy atom. The van der Waals surface area contributed by atoms with Gasteiger partial charge in [-0.1, -0.05) is 31.2 Å². The second-order valence-electron chi connectivity index (χ2n) is 2.81. The molecule has 0 radical (unpaired) electrons. The highest BCUT2D eigenvalue weighted by atomic mass is 16.9. The molecule has 0 bridgehead atoms. The lowest BCUT2D eigenvalue weighted by Gasteiger charge is -1.98. The molecule has 6 heteroatoms. The van der Waals surface area contributed by atoms with Crippen LogP contribution in [0.5, 0.6) is 0 Å². The molecule has 6 nitrogen and oxygen atoms in total. The lowest BCUT2D eigenvalue weighted by molar-refractivity contribution is -0.742. The SMILES string of the molecule is CCC=Cc1ccc(NN)cc1.O=[N+]([O-])O. The number of allylic oxidation sites excluding steroid dienone is 1. The molecule has 0 fully saturated rings.